The van der Waals surface area contributed by atoms with Crippen LogP contribution in [-0.4, -0.2) is 97.3 Å². The van der Waals surface area contributed by atoms with Gasteiger partial charge in [0.15, 0.2) is 0 Å². The number of benzene rings is 1. The van der Waals surface area contributed by atoms with Gasteiger partial charge in [0, 0.05) is 31.7 Å². The molecule has 1 aromatic carbocycles. The Morgan fingerprint density at radius 2 is 1.41 bits per heavy atom. The standard InChI is InChI=1S/C30H49NO8/c1-30-10-5-3-4-7-26(29(30)31-32)23-25-8-9-27(24-28(25)30)39-22-21-35-12-6-11-34-15-16-37-19-20-38-18-17-36-14-13-33-2/h8-9,24,26,32H,3-7,10-23H2,1-2H3/b31-29-/t26-,30+/m0/s1. The minimum atomic E-state index is -0.221. The molecule has 0 unspecified atom stereocenters. The number of hydrogen-bond donors (Lipinski definition) is 1. The van der Waals surface area contributed by atoms with E-state index in [1.54, 1.807) is 7.11 Å². The molecule has 1 saturated carbocycles. The highest BCUT2D eigenvalue weighted by Crippen LogP contribution is 2.45. The highest BCUT2D eigenvalue weighted by molar-refractivity contribution is 5.98. The number of nitrogens with zero attached hydrogens (tertiary/aromatic N) is 1. The average molecular weight is 552 g/mol. The summed E-state index contributed by atoms with van der Waals surface area (Å²) in [4.78, 5) is 0. The smallest absolute Gasteiger partial charge is 0.119 e. The topological polar surface area (TPSA) is 97.2 Å². The lowest BCUT2D eigenvalue weighted by Crippen LogP contribution is -2.44. The van der Waals surface area contributed by atoms with Crippen LogP contribution in [0.5, 0.6) is 5.75 Å². The summed E-state index contributed by atoms with van der Waals surface area (Å²) in [5.41, 5.74) is 3.35. The molecule has 0 amide bonds. The average Bonchev–Trinajstić information content (AvgIpc) is 2.94. The Hall–Kier alpha value is -1.75. The van der Waals surface area contributed by atoms with E-state index in [1.165, 1.54) is 24.0 Å². The van der Waals surface area contributed by atoms with Crippen LogP contribution in [0.4, 0.5) is 0 Å². The summed E-state index contributed by atoms with van der Waals surface area (Å²) in [5.74, 6) is 1.19. The fourth-order valence-electron chi connectivity index (χ4n) is 5.51. The van der Waals surface area contributed by atoms with Crippen LogP contribution >= 0.6 is 0 Å². The first-order chi connectivity index (χ1) is 19.2. The van der Waals surface area contributed by atoms with Gasteiger partial charge in [-0.1, -0.05) is 37.4 Å². The number of rotatable bonds is 20. The second kappa shape index (κ2) is 18.6. The van der Waals surface area contributed by atoms with Crippen molar-refractivity contribution >= 4 is 5.71 Å². The van der Waals surface area contributed by atoms with Gasteiger partial charge in [0.05, 0.1) is 65.2 Å². The summed E-state index contributed by atoms with van der Waals surface area (Å²) in [6, 6.07) is 6.41. The zero-order valence-electron chi connectivity index (χ0n) is 24.0. The summed E-state index contributed by atoms with van der Waals surface area (Å²) in [7, 11) is 1.65. The predicted octanol–water partition coefficient (Wildman–Crippen LogP) is 4.41. The second-order valence-electron chi connectivity index (χ2n) is 10.4. The number of oxime groups is 1. The number of fused-ring (bicyclic) bond motifs is 4. The molecule has 0 heterocycles. The SMILES string of the molecule is COCCOCCOCCOCCOCCCOCCOc1ccc2c(c1)[C@@]1(C)CCCCC[C@@H](C2)/C1=N/O. The Morgan fingerprint density at radius 3 is 2.05 bits per heavy atom. The third kappa shape index (κ3) is 10.6. The molecule has 0 aromatic heterocycles. The van der Waals surface area contributed by atoms with Crippen molar-refractivity contribution in [3.8, 4) is 5.75 Å². The second-order valence-corrected chi connectivity index (χ2v) is 10.4. The minimum Gasteiger partial charge on any atom is -0.491 e. The van der Waals surface area contributed by atoms with Gasteiger partial charge in [0.1, 0.15) is 12.4 Å². The van der Waals surface area contributed by atoms with E-state index in [-0.39, 0.29) is 5.41 Å². The Bertz CT molecular complexity index is 835. The van der Waals surface area contributed by atoms with Crippen molar-refractivity contribution in [2.75, 3.05) is 86.4 Å². The van der Waals surface area contributed by atoms with Gasteiger partial charge in [-0.25, -0.2) is 0 Å². The van der Waals surface area contributed by atoms with Gasteiger partial charge in [-0.2, -0.15) is 0 Å². The van der Waals surface area contributed by atoms with E-state index in [0.29, 0.717) is 85.2 Å². The molecule has 0 saturated heterocycles. The Labute approximate surface area is 234 Å². The van der Waals surface area contributed by atoms with Crippen molar-refractivity contribution in [1.82, 2.24) is 0 Å². The molecule has 2 aliphatic carbocycles. The maximum atomic E-state index is 9.87. The summed E-state index contributed by atoms with van der Waals surface area (Å²) < 4.78 is 38.4. The van der Waals surface area contributed by atoms with Crippen LogP contribution in [0.3, 0.4) is 0 Å². The lowest BCUT2D eigenvalue weighted by Gasteiger charge is -2.42. The van der Waals surface area contributed by atoms with E-state index in [0.717, 1.165) is 43.6 Å². The van der Waals surface area contributed by atoms with Gasteiger partial charge < -0.3 is 38.4 Å². The lowest BCUT2D eigenvalue weighted by atomic mass is 9.61. The van der Waals surface area contributed by atoms with Gasteiger partial charge in [-0.15, -0.1) is 0 Å². The third-order valence-corrected chi connectivity index (χ3v) is 7.55. The minimum absolute atomic E-state index is 0.221. The molecule has 1 fully saturated rings. The number of methoxy groups -OCH3 is 1. The molecule has 222 valence electrons. The predicted molar refractivity (Wildman–Crippen MR) is 149 cm³/mol. The zero-order valence-corrected chi connectivity index (χ0v) is 24.0. The third-order valence-electron chi connectivity index (χ3n) is 7.55. The molecule has 1 aromatic rings. The zero-order chi connectivity index (χ0) is 27.6. The summed E-state index contributed by atoms with van der Waals surface area (Å²) in [5, 5.41) is 13.7. The van der Waals surface area contributed by atoms with E-state index < -0.39 is 0 Å². The fourth-order valence-corrected chi connectivity index (χ4v) is 5.51. The number of hydrogen-bond acceptors (Lipinski definition) is 9. The Balaban J connectivity index is 1.20. The van der Waals surface area contributed by atoms with Gasteiger partial charge in [-0.05, 0) is 48.9 Å². The van der Waals surface area contributed by atoms with Crippen LogP contribution in [0.1, 0.15) is 56.6 Å². The maximum Gasteiger partial charge on any atom is 0.119 e. The largest absolute Gasteiger partial charge is 0.491 e. The molecule has 9 heteroatoms. The molecule has 2 atom stereocenters. The van der Waals surface area contributed by atoms with Crippen molar-refractivity contribution in [1.29, 1.82) is 0 Å². The van der Waals surface area contributed by atoms with E-state index in [2.05, 4.69) is 30.3 Å². The summed E-state index contributed by atoms with van der Waals surface area (Å²) in [6.45, 7) is 9.04. The van der Waals surface area contributed by atoms with Gasteiger partial charge in [-0.3, -0.25) is 0 Å². The van der Waals surface area contributed by atoms with Crippen LogP contribution in [0.2, 0.25) is 0 Å². The van der Waals surface area contributed by atoms with Crippen LogP contribution in [0.15, 0.2) is 23.4 Å². The highest BCUT2D eigenvalue weighted by Gasteiger charge is 2.43. The van der Waals surface area contributed by atoms with E-state index in [1.807, 2.05) is 0 Å². The van der Waals surface area contributed by atoms with Crippen molar-refractivity contribution in [3.63, 3.8) is 0 Å². The van der Waals surface area contributed by atoms with Crippen molar-refractivity contribution in [2.24, 2.45) is 11.1 Å². The number of ether oxygens (including phenoxy) is 7. The molecule has 9 nitrogen and oxygen atoms in total. The van der Waals surface area contributed by atoms with Crippen LogP contribution < -0.4 is 4.74 Å². The molecular formula is C30H49NO8. The van der Waals surface area contributed by atoms with Crippen molar-refractivity contribution < 1.29 is 38.4 Å². The van der Waals surface area contributed by atoms with Crippen LogP contribution in [0.25, 0.3) is 0 Å². The Morgan fingerprint density at radius 1 is 0.795 bits per heavy atom. The van der Waals surface area contributed by atoms with Gasteiger partial charge in [0.25, 0.3) is 0 Å². The molecule has 2 aliphatic rings. The van der Waals surface area contributed by atoms with Gasteiger partial charge >= 0.3 is 0 Å². The molecular weight excluding hydrogens is 502 g/mol. The van der Waals surface area contributed by atoms with Crippen LogP contribution in [0, 0.1) is 5.92 Å². The quantitative estimate of drug-likeness (QED) is 0.145. The molecule has 0 aliphatic heterocycles. The van der Waals surface area contributed by atoms with E-state index in [4.69, 9.17) is 33.2 Å². The molecule has 3 rings (SSSR count). The first kappa shape index (κ1) is 31.8. The summed E-state index contributed by atoms with van der Waals surface area (Å²) >= 11 is 0. The molecule has 39 heavy (non-hydrogen) atoms. The first-order valence-corrected chi connectivity index (χ1v) is 14.6. The van der Waals surface area contributed by atoms with Crippen molar-refractivity contribution in [3.05, 3.63) is 29.3 Å². The maximum absolute atomic E-state index is 9.87. The lowest BCUT2D eigenvalue weighted by molar-refractivity contribution is -0.00969. The van der Waals surface area contributed by atoms with E-state index >= 15 is 0 Å². The normalized spacial score (nSPS) is 21.9. The monoisotopic (exact) mass is 551 g/mol. The molecule has 0 radical (unpaired) electrons. The van der Waals surface area contributed by atoms with E-state index in [9.17, 15) is 5.21 Å². The Kier molecular flexibility index (Phi) is 15.1. The molecule has 0 spiro atoms. The first-order valence-electron chi connectivity index (χ1n) is 14.6. The summed E-state index contributed by atoms with van der Waals surface area (Å²) in [6.07, 6.45) is 7.49. The van der Waals surface area contributed by atoms with Crippen LogP contribution in [-0.2, 0) is 40.3 Å². The van der Waals surface area contributed by atoms with Gasteiger partial charge in [0.2, 0.25) is 0 Å². The molecule has 2 bridgehead atoms. The highest BCUT2D eigenvalue weighted by atomic mass is 16.6. The molecule has 1 N–H and O–H groups in total. The fraction of sp³-hybridized carbons (Fsp3) is 0.767. The van der Waals surface area contributed by atoms with Crippen molar-refractivity contribution in [2.45, 2.75) is 57.3 Å².